The topological polar surface area (TPSA) is 55.9 Å². The number of amides is 2. The van der Waals surface area contributed by atoms with Crippen molar-refractivity contribution in [3.8, 4) is 0 Å². The minimum Gasteiger partial charge on any atom is -0.356 e. The van der Waals surface area contributed by atoms with E-state index in [0.717, 1.165) is 95.8 Å². The number of hydrogen-bond donors (Lipinski definition) is 1. The summed E-state index contributed by atoms with van der Waals surface area (Å²) in [5.41, 5.74) is 1.23. The van der Waals surface area contributed by atoms with E-state index in [-0.39, 0.29) is 17.7 Å². The number of fused-ring (bicyclic) bond motifs is 1. The average Bonchev–Trinajstić information content (AvgIpc) is 3.02. The van der Waals surface area contributed by atoms with Gasteiger partial charge in [-0.05, 0) is 63.7 Å². The Labute approximate surface area is 191 Å². The lowest BCUT2D eigenvalue weighted by molar-refractivity contribution is -0.125. The smallest absolute Gasteiger partial charge is 0.263 e. The largest absolute Gasteiger partial charge is 0.356 e. The van der Waals surface area contributed by atoms with Crippen molar-refractivity contribution >= 4 is 23.2 Å². The molecule has 3 heterocycles. The highest BCUT2D eigenvalue weighted by molar-refractivity contribution is 7.14. The van der Waals surface area contributed by atoms with Crippen LogP contribution in [0.5, 0.6) is 0 Å². The number of aryl methyl sites for hydroxylation is 1. The lowest BCUT2D eigenvalue weighted by Crippen LogP contribution is -2.45. The van der Waals surface area contributed by atoms with Crippen LogP contribution in [-0.4, -0.2) is 85.9 Å². The summed E-state index contributed by atoms with van der Waals surface area (Å²) in [6.45, 7) is 8.14. The van der Waals surface area contributed by atoms with Crippen LogP contribution in [0.4, 0.5) is 0 Å². The molecule has 0 radical (unpaired) electrons. The van der Waals surface area contributed by atoms with Gasteiger partial charge >= 0.3 is 0 Å². The van der Waals surface area contributed by atoms with E-state index in [0.29, 0.717) is 0 Å². The minimum atomic E-state index is 0.0480. The Balaban J connectivity index is 1.23. The van der Waals surface area contributed by atoms with Crippen molar-refractivity contribution in [3.05, 3.63) is 21.4 Å². The van der Waals surface area contributed by atoms with Crippen molar-refractivity contribution < 1.29 is 9.59 Å². The fourth-order valence-electron chi connectivity index (χ4n) is 5.01. The molecule has 7 heteroatoms. The Morgan fingerprint density at radius 3 is 2.55 bits per heavy atom. The van der Waals surface area contributed by atoms with Crippen molar-refractivity contribution in [2.45, 2.75) is 51.4 Å². The number of rotatable bonds is 6. The zero-order valence-electron chi connectivity index (χ0n) is 19.0. The van der Waals surface area contributed by atoms with Crippen LogP contribution in [0, 0.1) is 5.92 Å². The second-order valence-electron chi connectivity index (χ2n) is 9.49. The molecule has 0 aromatic carbocycles. The van der Waals surface area contributed by atoms with E-state index in [1.165, 1.54) is 23.3 Å². The summed E-state index contributed by atoms with van der Waals surface area (Å²) < 4.78 is 0. The highest BCUT2D eigenvalue weighted by atomic mass is 32.1. The van der Waals surface area contributed by atoms with Crippen molar-refractivity contribution in [1.29, 1.82) is 0 Å². The van der Waals surface area contributed by atoms with Gasteiger partial charge in [0.05, 0.1) is 4.88 Å². The Kier molecular flexibility index (Phi) is 8.02. The van der Waals surface area contributed by atoms with Crippen LogP contribution in [0.2, 0.25) is 0 Å². The predicted molar refractivity (Wildman–Crippen MR) is 126 cm³/mol. The standard InChI is InChI=1S/C24H38N4O2S/c1-26-13-15-27(16-14-26)10-6-9-25-23(29)19-7-8-21-20(17-19)18-22(31-21)24(30)28-11-4-2-3-5-12-28/h18-19H,2-17H2,1H3,(H,25,29)/t19-/m0/s1. The molecule has 0 saturated carbocycles. The van der Waals surface area contributed by atoms with Crippen molar-refractivity contribution in [1.82, 2.24) is 20.0 Å². The third kappa shape index (κ3) is 6.08. The summed E-state index contributed by atoms with van der Waals surface area (Å²) in [6.07, 6.45) is 8.32. The van der Waals surface area contributed by atoms with Gasteiger partial charge < -0.3 is 20.0 Å². The monoisotopic (exact) mass is 446 g/mol. The fourth-order valence-corrected chi connectivity index (χ4v) is 6.19. The van der Waals surface area contributed by atoms with Crippen LogP contribution in [0.25, 0.3) is 0 Å². The van der Waals surface area contributed by atoms with Crippen LogP contribution in [0.3, 0.4) is 0 Å². The number of piperazine rings is 1. The third-order valence-electron chi connectivity index (χ3n) is 7.10. The summed E-state index contributed by atoms with van der Waals surface area (Å²) in [6, 6.07) is 2.08. The normalized spacial score (nSPS) is 23.3. The SMILES string of the molecule is CN1CCN(CCCNC(=O)[C@H]2CCc3sc(C(=O)N4CCCCCC4)cc3C2)CC1. The van der Waals surface area contributed by atoms with Gasteiger partial charge in [0.1, 0.15) is 0 Å². The van der Waals surface area contributed by atoms with Gasteiger partial charge in [-0.2, -0.15) is 0 Å². The van der Waals surface area contributed by atoms with Crippen LogP contribution in [-0.2, 0) is 17.6 Å². The van der Waals surface area contributed by atoms with E-state index >= 15 is 0 Å². The number of nitrogens with one attached hydrogen (secondary N) is 1. The number of likely N-dealkylation sites (tertiary alicyclic amines) is 1. The summed E-state index contributed by atoms with van der Waals surface area (Å²) >= 11 is 1.66. The van der Waals surface area contributed by atoms with E-state index in [4.69, 9.17) is 0 Å². The Morgan fingerprint density at radius 1 is 1.06 bits per heavy atom. The van der Waals surface area contributed by atoms with E-state index in [2.05, 4.69) is 28.2 Å². The van der Waals surface area contributed by atoms with E-state index in [1.807, 2.05) is 4.90 Å². The summed E-state index contributed by atoms with van der Waals surface area (Å²) in [7, 11) is 2.18. The first kappa shape index (κ1) is 22.7. The molecule has 2 fully saturated rings. The molecule has 4 rings (SSSR count). The van der Waals surface area contributed by atoms with Crippen LogP contribution in [0.15, 0.2) is 6.07 Å². The molecule has 3 aliphatic rings. The maximum absolute atomic E-state index is 13.0. The molecular weight excluding hydrogens is 408 g/mol. The number of likely N-dealkylation sites (N-methyl/N-ethyl adjacent to an activating group) is 1. The summed E-state index contributed by atoms with van der Waals surface area (Å²) in [5, 5.41) is 3.17. The first-order valence-corrected chi connectivity index (χ1v) is 13.0. The molecule has 2 saturated heterocycles. The van der Waals surface area contributed by atoms with Crippen molar-refractivity contribution in [2.75, 3.05) is 59.4 Å². The first-order valence-electron chi connectivity index (χ1n) is 12.2. The highest BCUT2D eigenvalue weighted by Gasteiger charge is 2.28. The maximum Gasteiger partial charge on any atom is 0.263 e. The first-order chi connectivity index (χ1) is 15.1. The number of thiophene rings is 1. The second kappa shape index (κ2) is 10.9. The van der Waals surface area contributed by atoms with Gasteiger partial charge in [0.15, 0.2) is 0 Å². The fraction of sp³-hybridized carbons (Fsp3) is 0.750. The molecule has 1 N–H and O–H groups in total. The molecule has 6 nitrogen and oxygen atoms in total. The van der Waals surface area contributed by atoms with Crippen molar-refractivity contribution in [2.24, 2.45) is 5.92 Å². The van der Waals surface area contributed by atoms with Crippen LogP contribution in [0.1, 0.15) is 58.6 Å². The molecule has 1 aromatic heterocycles. The number of nitrogens with zero attached hydrogens (tertiary/aromatic N) is 3. The Bertz CT molecular complexity index is 749. The van der Waals surface area contributed by atoms with Gasteiger partial charge in [-0.3, -0.25) is 9.59 Å². The molecule has 1 aliphatic carbocycles. The molecule has 172 valence electrons. The Hall–Kier alpha value is -1.44. The molecule has 1 aromatic rings. The van der Waals surface area contributed by atoms with Gasteiger partial charge in [-0.1, -0.05) is 12.8 Å². The molecule has 0 bridgehead atoms. The summed E-state index contributed by atoms with van der Waals surface area (Å²) in [5.74, 6) is 0.439. The van der Waals surface area contributed by atoms with Gasteiger partial charge in [0.2, 0.25) is 5.91 Å². The van der Waals surface area contributed by atoms with E-state index in [1.54, 1.807) is 11.3 Å². The summed E-state index contributed by atoms with van der Waals surface area (Å²) in [4.78, 5) is 34.8. The quantitative estimate of drug-likeness (QED) is 0.683. The van der Waals surface area contributed by atoms with E-state index < -0.39 is 0 Å². The van der Waals surface area contributed by atoms with Crippen LogP contribution >= 0.6 is 11.3 Å². The molecule has 1 atom stereocenters. The molecule has 0 spiro atoms. The molecule has 2 aliphatic heterocycles. The lowest BCUT2D eigenvalue weighted by atomic mass is 9.87. The predicted octanol–water partition coefficient (Wildman–Crippen LogP) is 2.62. The molecule has 2 amide bonds. The zero-order chi connectivity index (χ0) is 21.6. The third-order valence-corrected chi connectivity index (χ3v) is 8.33. The molecular formula is C24H38N4O2S. The van der Waals surface area contributed by atoms with Gasteiger partial charge in [-0.25, -0.2) is 0 Å². The number of carbonyl (C=O) groups is 2. The maximum atomic E-state index is 13.0. The number of hydrogen-bond acceptors (Lipinski definition) is 5. The van der Waals surface area contributed by atoms with Gasteiger partial charge in [0.25, 0.3) is 5.91 Å². The van der Waals surface area contributed by atoms with Crippen molar-refractivity contribution in [3.63, 3.8) is 0 Å². The second-order valence-corrected chi connectivity index (χ2v) is 10.6. The van der Waals surface area contributed by atoms with Crippen LogP contribution < -0.4 is 5.32 Å². The number of carbonyl (C=O) groups excluding carboxylic acids is 2. The zero-order valence-corrected chi connectivity index (χ0v) is 19.9. The molecule has 31 heavy (non-hydrogen) atoms. The molecule has 0 unspecified atom stereocenters. The average molecular weight is 447 g/mol. The highest BCUT2D eigenvalue weighted by Crippen LogP contribution is 2.33. The Morgan fingerprint density at radius 2 is 1.81 bits per heavy atom. The van der Waals surface area contributed by atoms with Gasteiger partial charge in [0, 0.05) is 56.6 Å². The van der Waals surface area contributed by atoms with Gasteiger partial charge in [-0.15, -0.1) is 11.3 Å². The lowest BCUT2D eigenvalue weighted by Gasteiger charge is -2.32. The minimum absolute atomic E-state index is 0.0480. The van der Waals surface area contributed by atoms with E-state index in [9.17, 15) is 9.59 Å².